The summed E-state index contributed by atoms with van der Waals surface area (Å²) in [5.74, 6) is 1.51. The molecule has 29 heavy (non-hydrogen) atoms. The zero-order valence-electron chi connectivity index (χ0n) is 17.4. The van der Waals surface area contributed by atoms with Crippen LogP contribution in [0.25, 0.3) is 0 Å². The van der Waals surface area contributed by atoms with Gasteiger partial charge in [0, 0.05) is 55.4 Å². The first-order valence-corrected chi connectivity index (χ1v) is 11.7. The molecule has 1 aromatic carbocycles. The second-order valence-corrected chi connectivity index (χ2v) is 9.71. The molecule has 0 aromatic heterocycles. The van der Waals surface area contributed by atoms with E-state index in [0.717, 1.165) is 61.9 Å². The standard InChI is InChI=1S/C22H31N3O3S/c1-15-12-24(13-16(2)28-15)14-17-5-8-25(9-6-17)22(27)18-3-4-20-19(11-18)23-21(26)7-10-29-20/h3-4,11,15-17H,5-10,12-14H2,1-2H3,(H,23,26). The number of ether oxygens (including phenoxy) is 1. The molecule has 3 heterocycles. The lowest BCUT2D eigenvalue weighted by Crippen LogP contribution is -2.48. The molecule has 3 aliphatic rings. The Morgan fingerprint density at radius 1 is 1.21 bits per heavy atom. The molecule has 0 aliphatic carbocycles. The van der Waals surface area contributed by atoms with Crippen molar-refractivity contribution >= 4 is 29.3 Å². The zero-order valence-corrected chi connectivity index (χ0v) is 18.2. The van der Waals surface area contributed by atoms with Gasteiger partial charge in [-0.05, 0) is 50.8 Å². The Kier molecular flexibility index (Phi) is 6.47. The lowest BCUT2D eigenvalue weighted by atomic mass is 9.95. The predicted octanol–water partition coefficient (Wildman–Crippen LogP) is 3.08. The van der Waals surface area contributed by atoms with Crippen molar-refractivity contribution in [3.8, 4) is 0 Å². The molecule has 1 aromatic rings. The van der Waals surface area contributed by atoms with E-state index >= 15 is 0 Å². The van der Waals surface area contributed by atoms with E-state index in [9.17, 15) is 9.59 Å². The number of benzene rings is 1. The van der Waals surface area contributed by atoms with Crippen molar-refractivity contribution in [3.05, 3.63) is 23.8 Å². The van der Waals surface area contributed by atoms with Gasteiger partial charge in [-0.15, -0.1) is 11.8 Å². The molecule has 2 unspecified atom stereocenters. The lowest BCUT2D eigenvalue weighted by Gasteiger charge is -2.39. The van der Waals surface area contributed by atoms with Crippen LogP contribution in [0.2, 0.25) is 0 Å². The first-order valence-electron chi connectivity index (χ1n) is 10.7. The number of piperidine rings is 1. The quantitative estimate of drug-likeness (QED) is 0.819. The molecule has 2 atom stereocenters. The van der Waals surface area contributed by atoms with Gasteiger partial charge in [0.25, 0.3) is 5.91 Å². The Morgan fingerprint density at radius 3 is 2.66 bits per heavy atom. The first-order chi connectivity index (χ1) is 14.0. The largest absolute Gasteiger partial charge is 0.373 e. The van der Waals surface area contributed by atoms with Crippen LogP contribution in [-0.4, -0.2) is 72.3 Å². The zero-order chi connectivity index (χ0) is 20.4. The Morgan fingerprint density at radius 2 is 1.93 bits per heavy atom. The minimum absolute atomic E-state index is 0.0217. The van der Waals surface area contributed by atoms with Crippen molar-refractivity contribution in [1.82, 2.24) is 9.80 Å². The number of anilines is 1. The number of hydrogen-bond acceptors (Lipinski definition) is 5. The van der Waals surface area contributed by atoms with Crippen molar-refractivity contribution in [2.75, 3.05) is 43.8 Å². The molecular formula is C22H31N3O3S. The summed E-state index contributed by atoms with van der Waals surface area (Å²) >= 11 is 1.66. The molecule has 7 heteroatoms. The van der Waals surface area contributed by atoms with Crippen LogP contribution in [0.5, 0.6) is 0 Å². The Bertz CT molecular complexity index is 754. The third-order valence-electron chi connectivity index (χ3n) is 6.00. The normalized spacial score (nSPS) is 26.6. The number of thioether (sulfide) groups is 1. The fraction of sp³-hybridized carbons (Fsp3) is 0.636. The van der Waals surface area contributed by atoms with E-state index < -0.39 is 0 Å². The van der Waals surface area contributed by atoms with Gasteiger partial charge < -0.3 is 15.0 Å². The number of carbonyl (C=O) groups is 2. The molecule has 0 saturated carbocycles. The minimum atomic E-state index is 0.0217. The highest BCUT2D eigenvalue weighted by Gasteiger charge is 2.28. The van der Waals surface area contributed by atoms with Crippen LogP contribution >= 0.6 is 11.8 Å². The lowest BCUT2D eigenvalue weighted by molar-refractivity contribution is -0.115. The number of nitrogens with zero attached hydrogens (tertiary/aromatic N) is 2. The van der Waals surface area contributed by atoms with Gasteiger partial charge in [-0.1, -0.05) is 0 Å². The van der Waals surface area contributed by atoms with Crippen LogP contribution in [0, 0.1) is 5.92 Å². The summed E-state index contributed by atoms with van der Waals surface area (Å²) in [5, 5.41) is 2.93. The van der Waals surface area contributed by atoms with Crippen LogP contribution < -0.4 is 5.32 Å². The van der Waals surface area contributed by atoms with Crippen LogP contribution in [-0.2, 0) is 9.53 Å². The van der Waals surface area contributed by atoms with Gasteiger partial charge >= 0.3 is 0 Å². The van der Waals surface area contributed by atoms with Crippen molar-refractivity contribution < 1.29 is 14.3 Å². The van der Waals surface area contributed by atoms with Crippen molar-refractivity contribution in [2.24, 2.45) is 5.92 Å². The molecule has 4 rings (SSSR count). The number of nitrogens with one attached hydrogen (secondary N) is 1. The van der Waals surface area contributed by atoms with Crippen LogP contribution in [0.4, 0.5) is 5.69 Å². The van der Waals surface area contributed by atoms with E-state index in [0.29, 0.717) is 30.1 Å². The van der Waals surface area contributed by atoms with Gasteiger partial charge in [0.15, 0.2) is 0 Å². The Hall–Kier alpha value is -1.57. The topological polar surface area (TPSA) is 61.9 Å². The summed E-state index contributed by atoms with van der Waals surface area (Å²) in [6.07, 6.45) is 3.20. The van der Waals surface area contributed by atoms with Crippen molar-refractivity contribution in [2.45, 2.75) is 50.2 Å². The highest BCUT2D eigenvalue weighted by molar-refractivity contribution is 7.99. The number of rotatable bonds is 3. The second kappa shape index (κ2) is 9.06. The number of fused-ring (bicyclic) bond motifs is 1. The minimum Gasteiger partial charge on any atom is -0.373 e. The van der Waals surface area contributed by atoms with Gasteiger partial charge in [-0.25, -0.2) is 0 Å². The Balaban J connectivity index is 1.33. The third-order valence-corrected chi connectivity index (χ3v) is 7.08. The number of amides is 2. The summed E-state index contributed by atoms with van der Waals surface area (Å²) in [4.78, 5) is 30.4. The monoisotopic (exact) mass is 417 g/mol. The van der Waals surface area contributed by atoms with E-state index in [1.54, 1.807) is 11.8 Å². The summed E-state index contributed by atoms with van der Waals surface area (Å²) < 4.78 is 5.83. The molecule has 2 saturated heterocycles. The molecule has 0 bridgehead atoms. The molecule has 2 fully saturated rings. The fourth-order valence-corrected chi connectivity index (χ4v) is 5.59. The van der Waals surface area contributed by atoms with Gasteiger partial charge in [-0.2, -0.15) is 0 Å². The molecule has 6 nitrogen and oxygen atoms in total. The SMILES string of the molecule is CC1CN(CC2CCN(C(=O)c3ccc4c(c3)NC(=O)CCS4)CC2)CC(C)O1. The van der Waals surface area contributed by atoms with Gasteiger partial charge in [0.05, 0.1) is 17.9 Å². The molecule has 158 valence electrons. The average molecular weight is 418 g/mol. The average Bonchev–Trinajstić information content (AvgIpc) is 2.87. The third kappa shape index (κ3) is 5.13. The van der Waals surface area contributed by atoms with Gasteiger partial charge in [0.2, 0.25) is 5.91 Å². The van der Waals surface area contributed by atoms with Crippen molar-refractivity contribution in [3.63, 3.8) is 0 Å². The van der Waals surface area contributed by atoms with Crippen molar-refractivity contribution in [1.29, 1.82) is 0 Å². The molecule has 3 aliphatic heterocycles. The summed E-state index contributed by atoms with van der Waals surface area (Å²) in [6.45, 7) is 9.00. The van der Waals surface area contributed by atoms with Crippen LogP contribution in [0.1, 0.15) is 43.5 Å². The molecule has 1 N–H and O–H groups in total. The predicted molar refractivity (Wildman–Crippen MR) is 115 cm³/mol. The van der Waals surface area contributed by atoms with E-state index in [-0.39, 0.29) is 11.8 Å². The van der Waals surface area contributed by atoms with Gasteiger partial charge in [0.1, 0.15) is 0 Å². The maximum atomic E-state index is 13.0. The molecule has 2 amide bonds. The highest BCUT2D eigenvalue weighted by Crippen LogP contribution is 2.32. The molecular weight excluding hydrogens is 386 g/mol. The maximum absolute atomic E-state index is 13.0. The van der Waals surface area contributed by atoms with E-state index in [1.807, 2.05) is 23.1 Å². The second-order valence-electron chi connectivity index (χ2n) is 8.57. The Labute approximate surface area is 177 Å². The van der Waals surface area contributed by atoms with Crippen LogP contribution in [0.3, 0.4) is 0 Å². The number of carbonyl (C=O) groups excluding carboxylic acids is 2. The maximum Gasteiger partial charge on any atom is 0.253 e. The highest BCUT2D eigenvalue weighted by atomic mass is 32.2. The van der Waals surface area contributed by atoms with E-state index in [2.05, 4.69) is 24.1 Å². The molecule has 0 spiro atoms. The molecule has 0 radical (unpaired) electrons. The number of hydrogen-bond donors (Lipinski definition) is 1. The smallest absolute Gasteiger partial charge is 0.253 e. The van der Waals surface area contributed by atoms with E-state index in [1.165, 1.54) is 0 Å². The first kappa shape index (κ1) is 20.7. The van der Waals surface area contributed by atoms with E-state index in [4.69, 9.17) is 4.74 Å². The van der Waals surface area contributed by atoms with Gasteiger partial charge in [-0.3, -0.25) is 14.5 Å². The summed E-state index contributed by atoms with van der Waals surface area (Å²) in [5.41, 5.74) is 1.44. The van der Waals surface area contributed by atoms with Crippen LogP contribution in [0.15, 0.2) is 23.1 Å². The number of likely N-dealkylation sites (tertiary alicyclic amines) is 1. The number of morpholine rings is 1. The summed E-state index contributed by atoms with van der Waals surface area (Å²) in [7, 11) is 0. The fourth-order valence-electron chi connectivity index (χ4n) is 4.65. The summed E-state index contributed by atoms with van der Waals surface area (Å²) in [6, 6.07) is 5.71.